The van der Waals surface area contributed by atoms with Gasteiger partial charge < -0.3 is 19.9 Å². The number of nitrogens with zero attached hydrogens (tertiary/aromatic N) is 1. The van der Waals surface area contributed by atoms with Gasteiger partial charge in [0.05, 0.1) is 7.11 Å². The Bertz CT molecular complexity index is 1090. The van der Waals surface area contributed by atoms with Crippen molar-refractivity contribution in [3.05, 3.63) is 71.4 Å². The molecule has 2 heterocycles. The number of H-pyrrole nitrogens is 1. The Balaban J connectivity index is 1.45. The van der Waals surface area contributed by atoms with Crippen LogP contribution in [0.3, 0.4) is 0 Å². The molecule has 1 aromatic heterocycles. The van der Waals surface area contributed by atoms with Crippen LogP contribution in [-0.4, -0.2) is 47.4 Å². The summed E-state index contributed by atoms with van der Waals surface area (Å²) in [5.74, 6) is -1.11. The first-order valence-electron chi connectivity index (χ1n) is 9.36. The minimum Gasteiger partial charge on any atom is -0.467 e. The van der Waals surface area contributed by atoms with Gasteiger partial charge in [0.2, 0.25) is 5.91 Å². The Kier molecular flexibility index (Phi) is 5.03. The van der Waals surface area contributed by atoms with Gasteiger partial charge in [-0.15, -0.1) is 0 Å². The molecule has 0 bridgehead atoms. The van der Waals surface area contributed by atoms with Crippen molar-refractivity contribution in [1.82, 2.24) is 15.2 Å². The average molecular weight is 391 g/mol. The van der Waals surface area contributed by atoms with Gasteiger partial charge in [-0.05, 0) is 23.3 Å². The van der Waals surface area contributed by atoms with E-state index in [0.717, 1.165) is 22.0 Å². The fraction of sp³-hybridized carbons (Fsp3) is 0.227. The molecule has 4 rings (SSSR count). The zero-order valence-corrected chi connectivity index (χ0v) is 16.0. The monoisotopic (exact) mass is 391 g/mol. The van der Waals surface area contributed by atoms with E-state index in [2.05, 4.69) is 10.3 Å². The quantitative estimate of drug-likeness (QED) is 0.629. The number of para-hydroxylation sites is 1. The van der Waals surface area contributed by atoms with Crippen molar-refractivity contribution in [2.75, 3.05) is 13.7 Å². The van der Waals surface area contributed by atoms with E-state index < -0.39 is 17.9 Å². The third kappa shape index (κ3) is 3.71. The highest BCUT2D eigenvalue weighted by atomic mass is 16.5. The molecule has 1 aliphatic rings. The van der Waals surface area contributed by atoms with Crippen LogP contribution >= 0.6 is 0 Å². The molecular formula is C22H21N3O4. The predicted molar refractivity (Wildman–Crippen MR) is 107 cm³/mol. The Morgan fingerprint density at radius 3 is 2.72 bits per heavy atom. The summed E-state index contributed by atoms with van der Waals surface area (Å²) in [5, 5.41) is 3.71. The highest BCUT2D eigenvalue weighted by Crippen LogP contribution is 2.22. The molecule has 1 atom stereocenters. The summed E-state index contributed by atoms with van der Waals surface area (Å²) >= 11 is 0. The van der Waals surface area contributed by atoms with Gasteiger partial charge in [0.1, 0.15) is 12.6 Å². The standard InChI is InChI=1S/C22H21N3O4/c1-29-22(28)19(10-15-11-23-18-9-5-4-7-16(15)18)24-20(26)13-25-12-14-6-2-3-8-17(14)21(25)27/h2-9,11,19,23H,10,12-13H2,1H3,(H,24,26). The highest BCUT2D eigenvalue weighted by molar-refractivity contribution is 6.00. The lowest BCUT2D eigenvalue weighted by molar-refractivity contribution is -0.145. The largest absolute Gasteiger partial charge is 0.467 e. The second-order valence-corrected chi connectivity index (χ2v) is 7.03. The molecule has 0 aliphatic carbocycles. The van der Waals surface area contributed by atoms with Gasteiger partial charge in [0.25, 0.3) is 5.91 Å². The first-order valence-corrected chi connectivity index (χ1v) is 9.36. The number of carbonyl (C=O) groups is 3. The van der Waals surface area contributed by atoms with E-state index in [1.807, 2.05) is 42.6 Å². The van der Waals surface area contributed by atoms with Crippen LogP contribution in [-0.2, 0) is 27.3 Å². The first-order chi connectivity index (χ1) is 14.1. The number of fused-ring (bicyclic) bond motifs is 2. The third-order valence-corrected chi connectivity index (χ3v) is 5.15. The number of benzene rings is 2. The fourth-order valence-corrected chi connectivity index (χ4v) is 3.71. The zero-order chi connectivity index (χ0) is 20.4. The molecule has 7 nitrogen and oxygen atoms in total. The van der Waals surface area contributed by atoms with Crippen molar-refractivity contribution < 1.29 is 19.1 Å². The maximum absolute atomic E-state index is 12.6. The van der Waals surface area contributed by atoms with Gasteiger partial charge in [-0.2, -0.15) is 0 Å². The summed E-state index contributed by atoms with van der Waals surface area (Å²) in [4.78, 5) is 42.0. The number of hydrogen-bond acceptors (Lipinski definition) is 4. The summed E-state index contributed by atoms with van der Waals surface area (Å²) in [6.07, 6.45) is 2.12. The van der Waals surface area contributed by atoms with Crippen LogP contribution < -0.4 is 5.32 Å². The number of rotatable bonds is 6. The number of carbonyl (C=O) groups excluding carboxylic acids is 3. The van der Waals surface area contributed by atoms with Gasteiger partial charge in [0.15, 0.2) is 0 Å². The van der Waals surface area contributed by atoms with E-state index in [1.54, 1.807) is 12.1 Å². The van der Waals surface area contributed by atoms with Crippen LogP contribution in [0.4, 0.5) is 0 Å². The van der Waals surface area contributed by atoms with Gasteiger partial charge in [-0.25, -0.2) is 4.79 Å². The lowest BCUT2D eigenvalue weighted by atomic mass is 10.0. The van der Waals surface area contributed by atoms with Crippen LogP contribution in [0.1, 0.15) is 21.5 Å². The van der Waals surface area contributed by atoms with Crippen molar-refractivity contribution in [2.45, 2.75) is 19.0 Å². The minimum absolute atomic E-state index is 0.116. The van der Waals surface area contributed by atoms with Gasteiger partial charge >= 0.3 is 5.97 Å². The minimum atomic E-state index is -0.841. The molecule has 0 saturated heterocycles. The Morgan fingerprint density at radius 1 is 1.17 bits per heavy atom. The summed E-state index contributed by atoms with van der Waals surface area (Å²) in [6.45, 7) is 0.267. The van der Waals surface area contributed by atoms with E-state index in [9.17, 15) is 14.4 Å². The number of aromatic nitrogens is 1. The lowest BCUT2D eigenvalue weighted by Gasteiger charge is -2.19. The van der Waals surface area contributed by atoms with Crippen LogP contribution in [0.2, 0.25) is 0 Å². The third-order valence-electron chi connectivity index (χ3n) is 5.15. The van der Waals surface area contributed by atoms with Gasteiger partial charge in [-0.3, -0.25) is 9.59 Å². The van der Waals surface area contributed by atoms with Gasteiger partial charge in [0, 0.05) is 35.6 Å². The van der Waals surface area contributed by atoms with Crippen molar-refractivity contribution in [1.29, 1.82) is 0 Å². The fourth-order valence-electron chi connectivity index (χ4n) is 3.71. The molecule has 1 unspecified atom stereocenters. The van der Waals surface area contributed by atoms with Crippen LogP contribution in [0.25, 0.3) is 10.9 Å². The molecular weight excluding hydrogens is 370 g/mol. The normalized spacial score (nSPS) is 14.0. The number of esters is 1. The number of amides is 2. The number of hydrogen-bond donors (Lipinski definition) is 2. The van der Waals surface area contributed by atoms with Crippen LogP contribution in [0, 0.1) is 0 Å². The van der Waals surface area contributed by atoms with E-state index in [4.69, 9.17) is 4.74 Å². The number of methoxy groups -OCH3 is 1. The molecule has 0 saturated carbocycles. The molecule has 0 radical (unpaired) electrons. The Hall–Kier alpha value is -3.61. The summed E-state index contributed by atoms with van der Waals surface area (Å²) in [7, 11) is 1.29. The van der Waals surface area contributed by atoms with Crippen molar-refractivity contribution in [2.24, 2.45) is 0 Å². The van der Waals surface area contributed by atoms with Crippen LogP contribution in [0.5, 0.6) is 0 Å². The smallest absolute Gasteiger partial charge is 0.328 e. The highest BCUT2D eigenvalue weighted by Gasteiger charge is 2.30. The van der Waals surface area contributed by atoms with Gasteiger partial charge in [-0.1, -0.05) is 36.4 Å². The van der Waals surface area contributed by atoms with E-state index in [1.165, 1.54) is 12.0 Å². The van der Waals surface area contributed by atoms with E-state index >= 15 is 0 Å². The van der Waals surface area contributed by atoms with Crippen molar-refractivity contribution in [3.63, 3.8) is 0 Å². The zero-order valence-electron chi connectivity index (χ0n) is 16.0. The molecule has 2 amide bonds. The van der Waals surface area contributed by atoms with E-state index in [0.29, 0.717) is 12.1 Å². The van der Waals surface area contributed by atoms with E-state index in [-0.39, 0.29) is 18.9 Å². The topological polar surface area (TPSA) is 91.5 Å². The Morgan fingerprint density at radius 2 is 1.93 bits per heavy atom. The molecule has 7 heteroatoms. The molecule has 0 fully saturated rings. The molecule has 148 valence electrons. The first kappa shape index (κ1) is 18.7. The summed E-state index contributed by atoms with van der Waals surface area (Å²) in [5.41, 5.74) is 3.37. The summed E-state index contributed by atoms with van der Waals surface area (Å²) < 4.78 is 4.87. The van der Waals surface area contributed by atoms with Crippen molar-refractivity contribution in [3.8, 4) is 0 Å². The molecule has 3 aromatic rings. The summed E-state index contributed by atoms with van der Waals surface area (Å²) in [6, 6.07) is 14.2. The Labute approximate surface area is 167 Å². The van der Waals surface area contributed by atoms with Crippen molar-refractivity contribution >= 4 is 28.7 Å². The lowest BCUT2D eigenvalue weighted by Crippen LogP contribution is -2.47. The number of ether oxygens (including phenoxy) is 1. The number of aromatic amines is 1. The molecule has 2 aromatic carbocycles. The molecule has 0 spiro atoms. The molecule has 1 aliphatic heterocycles. The maximum atomic E-state index is 12.6. The molecule has 29 heavy (non-hydrogen) atoms. The molecule has 2 N–H and O–H groups in total. The van der Waals surface area contributed by atoms with Crippen LogP contribution in [0.15, 0.2) is 54.7 Å². The second-order valence-electron chi connectivity index (χ2n) is 7.03. The second kappa shape index (κ2) is 7.79. The SMILES string of the molecule is COC(=O)C(Cc1c[nH]c2ccccc12)NC(=O)CN1Cc2ccccc2C1=O. The average Bonchev–Trinajstić information content (AvgIpc) is 3.28. The number of nitrogens with one attached hydrogen (secondary N) is 2. The predicted octanol–water partition coefficient (Wildman–Crippen LogP) is 2.02. The maximum Gasteiger partial charge on any atom is 0.328 e.